The molecule has 3 N–H and O–H groups in total. The molecule has 0 saturated carbocycles. The number of carboxylic acids is 2. The van der Waals surface area contributed by atoms with E-state index in [2.05, 4.69) is 20.8 Å². The van der Waals surface area contributed by atoms with Gasteiger partial charge < -0.3 is 15.5 Å². The van der Waals surface area contributed by atoms with Crippen molar-refractivity contribution in [1.82, 2.24) is 35.3 Å². The molecule has 0 aliphatic carbocycles. The number of aryl methyl sites for hydroxylation is 1. The molecule has 1 fully saturated rings. The third kappa shape index (κ3) is 5.17. The highest BCUT2D eigenvalue weighted by atomic mass is 32.2. The van der Waals surface area contributed by atoms with Gasteiger partial charge in [0.25, 0.3) is 17.7 Å². The van der Waals surface area contributed by atoms with E-state index in [4.69, 9.17) is 0 Å². The second-order valence-electron chi connectivity index (χ2n) is 9.36. The van der Waals surface area contributed by atoms with Crippen LogP contribution in [-0.4, -0.2) is 105 Å². The summed E-state index contributed by atoms with van der Waals surface area (Å²) in [5, 5.41) is 33.1. The number of carboxylic acid groups (broad SMARTS) is 2. The van der Waals surface area contributed by atoms with Crippen molar-refractivity contribution in [3.63, 3.8) is 0 Å². The van der Waals surface area contributed by atoms with Crippen LogP contribution in [0.2, 0.25) is 0 Å². The number of rotatable bonds is 11. The van der Waals surface area contributed by atoms with Gasteiger partial charge >= 0.3 is 11.9 Å². The monoisotopic (exact) mass is 601 g/mol. The zero-order valence-corrected chi connectivity index (χ0v) is 23.1. The molecule has 0 radical (unpaired) electrons. The Morgan fingerprint density at radius 3 is 2.41 bits per heavy atom. The molecule has 5 rings (SSSR count). The molecule has 4 heterocycles. The lowest BCUT2D eigenvalue weighted by molar-refractivity contribution is -0.150. The molecule has 1 unspecified atom stereocenters. The van der Waals surface area contributed by atoms with E-state index in [1.54, 1.807) is 19.2 Å². The minimum atomic E-state index is -1.46. The summed E-state index contributed by atoms with van der Waals surface area (Å²) in [4.78, 5) is 76.7. The molecule has 214 valence electrons. The van der Waals surface area contributed by atoms with Gasteiger partial charge in [-0.15, -0.1) is 16.9 Å². The summed E-state index contributed by atoms with van der Waals surface area (Å²) in [5.41, 5.74) is 0.651. The molecular formula is C24H23N7O8S2. The molecule has 2 aromatic rings. The van der Waals surface area contributed by atoms with Crippen LogP contribution in [0.5, 0.6) is 0 Å². The quantitative estimate of drug-likeness (QED) is 0.176. The van der Waals surface area contributed by atoms with Gasteiger partial charge in [0.1, 0.15) is 23.2 Å². The number of thioether (sulfide) groups is 2. The maximum Gasteiger partial charge on any atom is 0.352 e. The van der Waals surface area contributed by atoms with Crippen LogP contribution in [0.15, 0.2) is 40.7 Å². The fourth-order valence-corrected chi connectivity index (χ4v) is 7.18. The van der Waals surface area contributed by atoms with Crippen LogP contribution in [0.25, 0.3) is 0 Å². The zero-order chi connectivity index (χ0) is 29.4. The van der Waals surface area contributed by atoms with E-state index in [0.29, 0.717) is 21.4 Å². The fraction of sp³-hybridized carbons (Fsp3) is 0.375. The van der Waals surface area contributed by atoms with Crippen molar-refractivity contribution in [2.75, 3.05) is 11.5 Å². The molecule has 41 heavy (non-hydrogen) atoms. The first-order valence-electron chi connectivity index (χ1n) is 12.3. The van der Waals surface area contributed by atoms with E-state index < -0.39 is 53.0 Å². The average molecular weight is 602 g/mol. The van der Waals surface area contributed by atoms with Gasteiger partial charge in [0, 0.05) is 25.0 Å². The minimum absolute atomic E-state index is 0.0250. The van der Waals surface area contributed by atoms with Crippen molar-refractivity contribution in [2.24, 2.45) is 7.05 Å². The van der Waals surface area contributed by atoms with Gasteiger partial charge in [-0.2, -0.15) is 0 Å². The lowest BCUT2D eigenvalue weighted by Crippen LogP contribution is -2.70. The van der Waals surface area contributed by atoms with Crippen LogP contribution in [0.3, 0.4) is 0 Å². The standard InChI is InChI=1S/C24H23N7O8S2/c1-29-24(26-27-28-29)41-10-11-9-40-21-16(20(35)31(21)17(11)23(38)39)25-15(32)8-4-7-14(22(36)37)30-18(33)12-5-2-3-6-13(12)19(30)34/h2-3,5-6,14,16,21H,4,7-10H2,1H3,(H,25,32)(H,36,37)(H,38,39)/t14?,16-,21-/m0/s1. The molecule has 1 aromatic carbocycles. The van der Waals surface area contributed by atoms with Crippen LogP contribution in [0, 0.1) is 0 Å². The predicted octanol–water partition coefficient (Wildman–Crippen LogP) is -0.0395. The van der Waals surface area contributed by atoms with E-state index in [-0.39, 0.29) is 41.8 Å². The average Bonchev–Trinajstić information content (AvgIpc) is 3.47. The minimum Gasteiger partial charge on any atom is -0.480 e. The molecule has 1 saturated heterocycles. The molecule has 3 aliphatic rings. The molecule has 3 atom stereocenters. The van der Waals surface area contributed by atoms with Crippen molar-refractivity contribution in [1.29, 1.82) is 0 Å². The van der Waals surface area contributed by atoms with Gasteiger partial charge in [0.15, 0.2) is 0 Å². The van der Waals surface area contributed by atoms with Crippen LogP contribution >= 0.6 is 23.5 Å². The summed E-state index contributed by atoms with van der Waals surface area (Å²) >= 11 is 2.56. The van der Waals surface area contributed by atoms with E-state index >= 15 is 0 Å². The number of imide groups is 1. The van der Waals surface area contributed by atoms with Gasteiger partial charge in [-0.25, -0.2) is 14.3 Å². The number of hydrogen-bond acceptors (Lipinski definition) is 11. The first kappa shape index (κ1) is 28.3. The highest BCUT2D eigenvalue weighted by Crippen LogP contribution is 2.41. The Bertz CT molecular complexity index is 1470. The molecule has 0 spiro atoms. The Morgan fingerprint density at radius 2 is 1.83 bits per heavy atom. The molecule has 0 bridgehead atoms. The zero-order valence-electron chi connectivity index (χ0n) is 21.4. The normalized spacial score (nSPS) is 20.5. The van der Waals surface area contributed by atoms with Crippen molar-refractivity contribution >= 4 is 59.1 Å². The topological polar surface area (TPSA) is 205 Å². The first-order chi connectivity index (χ1) is 19.6. The Kier molecular flexibility index (Phi) is 7.81. The van der Waals surface area contributed by atoms with Gasteiger partial charge in [-0.1, -0.05) is 23.9 Å². The second kappa shape index (κ2) is 11.3. The van der Waals surface area contributed by atoms with Gasteiger partial charge in [-0.3, -0.25) is 29.0 Å². The number of hydrogen-bond donors (Lipinski definition) is 3. The van der Waals surface area contributed by atoms with Crippen LogP contribution < -0.4 is 5.32 Å². The maximum absolute atomic E-state index is 12.9. The SMILES string of the molecule is Cn1nnnc1SCC1=C(C(=O)O)N2C(=O)[C@H](NC(=O)CCCC(C(=O)O)N3C(=O)c4ccccc4C3=O)[C@@H]2SC1. The van der Waals surface area contributed by atoms with Gasteiger partial charge in [0.05, 0.1) is 11.1 Å². The molecule has 1 aromatic heterocycles. The van der Waals surface area contributed by atoms with Crippen molar-refractivity contribution < 1.29 is 39.0 Å². The number of fused-ring (bicyclic) bond motifs is 2. The van der Waals surface area contributed by atoms with Gasteiger partial charge in [-0.05, 0) is 41.0 Å². The lowest BCUT2D eigenvalue weighted by Gasteiger charge is -2.49. The Hall–Kier alpha value is -4.25. The molecule has 15 nitrogen and oxygen atoms in total. The number of amides is 4. The van der Waals surface area contributed by atoms with Crippen molar-refractivity contribution in [3.8, 4) is 0 Å². The lowest BCUT2D eigenvalue weighted by atomic mass is 10.0. The fourth-order valence-electron chi connectivity index (χ4n) is 4.85. The Balaban J connectivity index is 1.17. The number of aromatic nitrogens is 4. The molecule has 4 amide bonds. The summed E-state index contributed by atoms with van der Waals surface area (Å²) in [6.45, 7) is 0. The Morgan fingerprint density at radius 1 is 1.15 bits per heavy atom. The maximum atomic E-state index is 12.9. The van der Waals surface area contributed by atoms with Gasteiger partial charge in [0.2, 0.25) is 11.1 Å². The van der Waals surface area contributed by atoms with E-state index in [1.807, 2.05) is 0 Å². The van der Waals surface area contributed by atoms with E-state index in [9.17, 15) is 39.0 Å². The number of carbonyl (C=O) groups is 6. The highest BCUT2D eigenvalue weighted by Gasteiger charge is 2.54. The van der Waals surface area contributed by atoms with Crippen LogP contribution in [0.1, 0.15) is 40.0 Å². The largest absolute Gasteiger partial charge is 0.480 e. The first-order valence-corrected chi connectivity index (χ1v) is 14.4. The van der Waals surface area contributed by atoms with E-state index in [0.717, 1.165) is 4.90 Å². The molecule has 3 aliphatic heterocycles. The number of aliphatic carboxylic acids is 2. The number of carbonyl (C=O) groups excluding carboxylic acids is 4. The summed E-state index contributed by atoms with van der Waals surface area (Å²) < 4.78 is 1.45. The third-order valence-electron chi connectivity index (χ3n) is 6.83. The summed E-state index contributed by atoms with van der Waals surface area (Å²) in [6, 6.07) is 3.66. The van der Waals surface area contributed by atoms with Crippen molar-refractivity contribution in [2.45, 2.75) is 41.9 Å². The predicted molar refractivity (Wildman–Crippen MR) is 141 cm³/mol. The number of β-lactam (4-membered cyclic amide) rings is 1. The molecular weight excluding hydrogens is 578 g/mol. The third-order valence-corrected chi connectivity index (χ3v) is 9.26. The van der Waals surface area contributed by atoms with Crippen LogP contribution in [-0.2, 0) is 26.2 Å². The van der Waals surface area contributed by atoms with Crippen LogP contribution in [0.4, 0.5) is 0 Å². The summed E-state index contributed by atoms with van der Waals surface area (Å²) in [7, 11) is 1.65. The Labute approximate surface area is 240 Å². The van der Waals surface area contributed by atoms with E-state index in [1.165, 1.54) is 40.3 Å². The number of nitrogens with one attached hydrogen (secondary N) is 1. The number of tetrazole rings is 1. The second-order valence-corrected chi connectivity index (χ2v) is 11.4. The summed E-state index contributed by atoms with van der Waals surface area (Å²) in [5.74, 6) is -4.56. The number of nitrogens with zero attached hydrogens (tertiary/aromatic N) is 6. The smallest absolute Gasteiger partial charge is 0.352 e. The number of benzene rings is 1. The molecule has 17 heteroatoms. The van der Waals surface area contributed by atoms with Crippen molar-refractivity contribution in [3.05, 3.63) is 46.7 Å². The highest BCUT2D eigenvalue weighted by molar-refractivity contribution is 8.01. The summed E-state index contributed by atoms with van der Waals surface area (Å²) in [6.07, 6.45) is -0.300.